The van der Waals surface area contributed by atoms with Gasteiger partial charge >= 0.3 is 0 Å². The Labute approximate surface area is 164 Å². The first-order chi connectivity index (χ1) is 13.8. The number of morpholine rings is 1. The monoisotopic (exact) mass is 382 g/mol. The van der Waals surface area contributed by atoms with Crippen LogP contribution in [0, 0.1) is 0 Å². The fourth-order valence-electron chi connectivity index (χ4n) is 3.24. The molecule has 0 amide bonds. The van der Waals surface area contributed by atoms with Crippen LogP contribution in [0.2, 0.25) is 0 Å². The van der Waals surface area contributed by atoms with Gasteiger partial charge in [-0.25, -0.2) is 4.98 Å². The van der Waals surface area contributed by atoms with Crippen molar-refractivity contribution in [2.45, 2.75) is 20.4 Å². The number of fused-ring (bicyclic) bond motifs is 1. The number of hydrogen-bond donors (Lipinski definition) is 2. The van der Waals surface area contributed by atoms with Gasteiger partial charge in [0, 0.05) is 26.2 Å². The molecule has 9 heteroatoms. The Bertz CT molecular complexity index is 884. The van der Waals surface area contributed by atoms with Crippen LogP contribution in [0.25, 0.3) is 11.0 Å². The van der Waals surface area contributed by atoms with Crippen LogP contribution in [0.5, 0.6) is 0 Å². The van der Waals surface area contributed by atoms with Crippen molar-refractivity contribution in [2.24, 2.45) is 0 Å². The Balaban J connectivity index is 1.57. The summed E-state index contributed by atoms with van der Waals surface area (Å²) < 4.78 is 5.45. The molecule has 1 saturated heterocycles. The molecule has 0 aliphatic carbocycles. The SMILES string of the molecule is CCN(CC)c1nc(NCc2nc3ccccc3[nH]2)nc(N2CCOCC2)n1. The van der Waals surface area contributed by atoms with Gasteiger partial charge in [-0.05, 0) is 26.0 Å². The molecule has 9 nitrogen and oxygen atoms in total. The zero-order valence-electron chi connectivity index (χ0n) is 16.4. The summed E-state index contributed by atoms with van der Waals surface area (Å²) in [5.74, 6) is 2.78. The number of hydrogen-bond acceptors (Lipinski definition) is 8. The molecule has 3 aromatic rings. The summed E-state index contributed by atoms with van der Waals surface area (Å²) in [5, 5.41) is 3.30. The maximum Gasteiger partial charge on any atom is 0.232 e. The second-order valence-corrected chi connectivity index (χ2v) is 6.58. The predicted octanol–water partition coefficient (Wildman–Crippen LogP) is 2.04. The van der Waals surface area contributed by atoms with Crippen molar-refractivity contribution in [3.63, 3.8) is 0 Å². The fourth-order valence-corrected chi connectivity index (χ4v) is 3.24. The van der Waals surface area contributed by atoms with Crippen molar-refractivity contribution in [1.82, 2.24) is 24.9 Å². The number of imidazole rings is 1. The molecule has 2 aromatic heterocycles. The number of aromatic nitrogens is 5. The summed E-state index contributed by atoms with van der Waals surface area (Å²) in [7, 11) is 0. The Morgan fingerprint density at radius 3 is 2.61 bits per heavy atom. The van der Waals surface area contributed by atoms with Gasteiger partial charge in [0.2, 0.25) is 17.8 Å². The number of rotatable bonds is 7. The van der Waals surface area contributed by atoms with Crippen molar-refractivity contribution in [2.75, 3.05) is 54.5 Å². The third-order valence-electron chi connectivity index (χ3n) is 4.80. The average molecular weight is 382 g/mol. The minimum absolute atomic E-state index is 0.513. The topological polar surface area (TPSA) is 95.1 Å². The first-order valence-electron chi connectivity index (χ1n) is 9.78. The molecule has 0 saturated carbocycles. The molecule has 0 atom stereocenters. The Morgan fingerprint density at radius 1 is 1.07 bits per heavy atom. The highest BCUT2D eigenvalue weighted by molar-refractivity contribution is 5.74. The molecular formula is C19H26N8O. The normalized spacial score (nSPS) is 14.4. The van der Waals surface area contributed by atoms with Crippen LogP contribution in [0.3, 0.4) is 0 Å². The molecule has 1 fully saturated rings. The van der Waals surface area contributed by atoms with Crippen LogP contribution in [0.4, 0.5) is 17.8 Å². The van der Waals surface area contributed by atoms with Gasteiger partial charge in [0.25, 0.3) is 0 Å². The van der Waals surface area contributed by atoms with E-state index in [4.69, 9.17) is 9.72 Å². The van der Waals surface area contributed by atoms with Crippen molar-refractivity contribution in [1.29, 1.82) is 0 Å². The van der Waals surface area contributed by atoms with E-state index >= 15 is 0 Å². The van der Waals surface area contributed by atoms with Crippen LogP contribution in [0.1, 0.15) is 19.7 Å². The van der Waals surface area contributed by atoms with Crippen LogP contribution in [-0.4, -0.2) is 64.3 Å². The first kappa shape index (κ1) is 18.4. The molecule has 3 heterocycles. The molecule has 0 bridgehead atoms. The lowest BCUT2D eigenvalue weighted by atomic mass is 10.3. The number of nitrogens with one attached hydrogen (secondary N) is 2. The lowest BCUT2D eigenvalue weighted by Gasteiger charge is -2.28. The second kappa shape index (κ2) is 8.39. The van der Waals surface area contributed by atoms with Crippen molar-refractivity contribution in [3.8, 4) is 0 Å². The number of H-pyrrole nitrogens is 1. The largest absolute Gasteiger partial charge is 0.378 e. The Hall–Kier alpha value is -2.94. The van der Waals surface area contributed by atoms with Gasteiger partial charge in [0.05, 0.1) is 30.8 Å². The molecule has 1 aromatic carbocycles. The van der Waals surface area contributed by atoms with Crippen molar-refractivity contribution < 1.29 is 4.74 Å². The average Bonchev–Trinajstić information content (AvgIpc) is 3.17. The third-order valence-corrected chi connectivity index (χ3v) is 4.80. The van der Waals surface area contributed by atoms with E-state index in [1.807, 2.05) is 24.3 Å². The zero-order valence-corrected chi connectivity index (χ0v) is 16.4. The lowest BCUT2D eigenvalue weighted by molar-refractivity contribution is 0.122. The van der Waals surface area contributed by atoms with E-state index in [9.17, 15) is 0 Å². The highest BCUT2D eigenvalue weighted by atomic mass is 16.5. The van der Waals surface area contributed by atoms with Crippen LogP contribution >= 0.6 is 0 Å². The van der Waals surface area contributed by atoms with E-state index in [0.717, 1.165) is 43.0 Å². The van der Waals surface area contributed by atoms with Gasteiger partial charge in [0.1, 0.15) is 5.82 Å². The van der Waals surface area contributed by atoms with Crippen molar-refractivity contribution in [3.05, 3.63) is 30.1 Å². The second-order valence-electron chi connectivity index (χ2n) is 6.58. The summed E-state index contributed by atoms with van der Waals surface area (Å²) in [5.41, 5.74) is 1.97. The number of nitrogens with zero attached hydrogens (tertiary/aromatic N) is 6. The van der Waals surface area contributed by atoms with E-state index < -0.39 is 0 Å². The Kier molecular flexibility index (Phi) is 5.52. The van der Waals surface area contributed by atoms with Gasteiger partial charge in [-0.15, -0.1) is 0 Å². The molecule has 0 radical (unpaired) electrons. The lowest BCUT2D eigenvalue weighted by Crippen LogP contribution is -2.38. The van der Waals surface area contributed by atoms with E-state index in [1.54, 1.807) is 0 Å². The quantitative estimate of drug-likeness (QED) is 0.641. The molecule has 0 spiro atoms. The van der Waals surface area contributed by atoms with Crippen LogP contribution in [0.15, 0.2) is 24.3 Å². The summed E-state index contributed by atoms with van der Waals surface area (Å²) >= 11 is 0. The number of benzene rings is 1. The number of ether oxygens (including phenoxy) is 1. The molecule has 4 rings (SSSR count). The molecule has 148 valence electrons. The Morgan fingerprint density at radius 2 is 1.86 bits per heavy atom. The van der Waals surface area contributed by atoms with Gasteiger partial charge in [-0.3, -0.25) is 0 Å². The van der Waals surface area contributed by atoms with Crippen LogP contribution < -0.4 is 15.1 Å². The minimum Gasteiger partial charge on any atom is -0.378 e. The van der Waals surface area contributed by atoms with Gasteiger partial charge < -0.3 is 24.8 Å². The standard InChI is InChI=1S/C19H26N8O/c1-3-26(4-2)18-23-17(24-19(25-18)27-9-11-28-12-10-27)20-13-16-21-14-7-5-6-8-15(14)22-16/h5-8H,3-4,9-13H2,1-2H3,(H,21,22)(H,20,23,24,25). The molecule has 1 aliphatic rings. The molecule has 28 heavy (non-hydrogen) atoms. The molecule has 0 unspecified atom stereocenters. The fraction of sp³-hybridized carbons (Fsp3) is 0.474. The minimum atomic E-state index is 0.513. The summed E-state index contributed by atoms with van der Waals surface area (Å²) in [6.45, 7) is 9.33. The predicted molar refractivity (Wildman–Crippen MR) is 110 cm³/mol. The zero-order chi connectivity index (χ0) is 19.3. The first-order valence-corrected chi connectivity index (χ1v) is 9.78. The smallest absolute Gasteiger partial charge is 0.232 e. The number of aromatic amines is 1. The van der Waals surface area contributed by atoms with E-state index in [0.29, 0.717) is 37.6 Å². The summed E-state index contributed by atoms with van der Waals surface area (Å²) in [4.78, 5) is 26.2. The van der Waals surface area contributed by atoms with Crippen LogP contribution in [-0.2, 0) is 11.3 Å². The van der Waals surface area contributed by atoms with E-state index in [2.05, 4.69) is 48.9 Å². The third kappa shape index (κ3) is 3.99. The van der Waals surface area contributed by atoms with E-state index in [-0.39, 0.29) is 0 Å². The highest BCUT2D eigenvalue weighted by Crippen LogP contribution is 2.18. The number of para-hydroxylation sites is 2. The summed E-state index contributed by atoms with van der Waals surface area (Å²) in [6, 6.07) is 7.99. The summed E-state index contributed by atoms with van der Waals surface area (Å²) in [6.07, 6.45) is 0. The maximum atomic E-state index is 5.45. The van der Waals surface area contributed by atoms with Gasteiger partial charge in [-0.2, -0.15) is 15.0 Å². The molecule has 1 aliphatic heterocycles. The maximum absolute atomic E-state index is 5.45. The number of anilines is 3. The van der Waals surface area contributed by atoms with Gasteiger partial charge in [-0.1, -0.05) is 12.1 Å². The van der Waals surface area contributed by atoms with E-state index in [1.165, 1.54) is 0 Å². The highest BCUT2D eigenvalue weighted by Gasteiger charge is 2.18. The van der Waals surface area contributed by atoms with Gasteiger partial charge in [0.15, 0.2) is 0 Å². The van der Waals surface area contributed by atoms with Crippen molar-refractivity contribution >= 4 is 28.9 Å². The molecule has 2 N–H and O–H groups in total. The molecular weight excluding hydrogens is 356 g/mol.